The molecule has 2 saturated heterocycles. The minimum Gasteiger partial charge on any atom is -0.455 e. The SMILES string of the molecule is CC(=O)O[C@@H]1O[C@H](C(=O)N2CCN(CCC3CCCCC3)CC2)[C@@H](OC(C)=O)[C@H](OC(C)=O)[C@H]1OC(C)=O. The number of rotatable bonds is 8. The summed E-state index contributed by atoms with van der Waals surface area (Å²) in [6, 6.07) is 0. The summed E-state index contributed by atoms with van der Waals surface area (Å²) < 4.78 is 27.0. The Morgan fingerprint density at radius 1 is 0.684 bits per heavy atom. The zero-order valence-corrected chi connectivity index (χ0v) is 22.7. The number of carbonyl (C=O) groups excluding carboxylic acids is 5. The number of ether oxygens (including phenoxy) is 5. The lowest BCUT2D eigenvalue weighted by Crippen LogP contribution is -2.66. The van der Waals surface area contributed by atoms with E-state index in [0.29, 0.717) is 26.2 Å². The van der Waals surface area contributed by atoms with E-state index in [9.17, 15) is 24.0 Å². The van der Waals surface area contributed by atoms with Crippen LogP contribution in [0.1, 0.15) is 66.2 Å². The highest BCUT2D eigenvalue weighted by Gasteiger charge is 2.56. The Labute approximate surface area is 223 Å². The maximum Gasteiger partial charge on any atom is 0.305 e. The summed E-state index contributed by atoms with van der Waals surface area (Å²) in [4.78, 5) is 65.1. The second-order valence-corrected chi connectivity index (χ2v) is 10.2. The minimum absolute atomic E-state index is 0.431. The van der Waals surface area contributed by atoms with Crippen molar-refractivity contribution in [2.75, 3.05) is 32.7 Å². The topological polar surface area (TPSA) is 138 Å². The van der Waals surface area contributed by atoms with Crippen LogP contribution < -0.4 is 0 Å². The number of nitrogens with zero attached hydrogens (tertiary/aromatic N) is 2. The lowest BCUT2D eigenvalue weighted by atomic mass is 9.87. The predicted molar refractivity (Wildman–Crippen MR) is 131 cm³/mol. The first-order chi connectivity index (χ1) is 18.0. The molecule has 3 aliphatic rings. The first kappa shape index (κ1) is 29.8. The molecule has 0 unspecified atom stereocenters. The van der Waals surface area contributed by atoms with E-state index in [-0.39, 0.29) is 0 Å². The van der Waals surface area contributed by atoms with E-state index in [2.05, 4.69) is 4.90 Å². The summed E-state index contributed by atoms with van der Waals surface area (Å²) in [6.45, 7) is 7.69. The molecule has 2 aliphatic heterocycles. The molecule has 0 aromatic heterocycles. The summed E-state index contributed by atoms with van der Waals surface area (Å²) in [5.41, 5.74) is 0. The molecule has 0 N–H and O–H groups in total. The van der Waals surface area contributed by atoms with Crippen LogP contribution in [0.4, 0.5) is 0 Å². The molecule has 1 saturated carbocycles. The Morgan fingerprint density at radius 2 is 1.21 bits per heavy atom. The van der Waals surface area contributed by atoms with Crippen LogP contribution in [0, 0.1) is 5.92 Å². The van der Waals surface area contributed by atoms with Crippen molar-refractivity contribution in [1.82, 2.24) is 9.80 Å². The number of amides is 1. The molecule has 12 nitrogen and oxygen atoms in total. The maximum absolute atomic E-state index is 13.7. The van der Waals surface area contributed by atoms with Gasteiger partial charge in [0.05, 0.1) is 0 Å². The number of carbonyl (C=O) groups is 5. The minimum atomic E-state index is -1.56. The highest BCUT2D eigenvalue weighted by Crippen LogP contribution is 2.31. The second-order valence-electron chi connectivity index (χ2n) is 10.2. The Morgan fingerprint density at radius 3 is 1.76 bits per heavy atom. The van der Waals surface area contributed by atoms with Crippen LogP contribution in [0.15, 0.2) is 0 Å². The van der Waals surface area contributed by atoms with Gasteiger partial charge in [-0.1, -0.05) is 32.1 Å². The lowest BCUT2D eigenvalue weighted by Gasteiger charge is -2.45. The third kappa shape index (κ3) is 8.39. The molecule has 0 radical (unpaired) electrons. The summed E-state index contributed by atoms with van der Waals surface area (Å²) in [5.74, 6) is -2.80. The van der Waals surface area contributed by atoms with Crippen molar-refractivity contribution in [2.24, 2.45) is 5.92 Å². The zero-order valence-electron chi connectivity index (χ0n) is 22.7. The Hall–Kier alpha value is -2.73. The molecule has 214 valence electrons. The molecule has 12 heteroatoms. The van der Waals surface area contributed by atoms with Gasteiger partial charge in [0.25, 0.3) is 5.91 Å². The Bertz CT molecular complexity index is 866. The van der Waals surface area contributed by atoms with Crippen molar-refractivity contribution in [3.8, 4) is 0 Å². The number of esters is 4. The Balaban J connectivity index is 1.74. The van der Waals surface area contributed by atoms with Gasteiger partial charge in [0.15, 0.2) is 18.3 Å². The number of hydrogen-bond donors (Lipinski definition) is 0. The first-order valence-electron chi connectivity index (χ1n) is 13.4. The van der Waals surface area contributed by atoms with E-state index < -0.39 is 60.5 Å². The molecule has 2 heterocycles. The fourth-order valence-corrected chi connectivity index (χ4v) is 5.44. The van der Waals surface area contributed by atoms with E-state index in [4.69, 9.17) is 23.7 Å². The van der Waals surface area contributed by atoms with E-state index in [1.54, 1.807) is 4.90 Å². The summed E-state index contributed by atoms with van der Waals surface area (Å²) >= 11 is 0. The van der Waals surface area contributed by atoms with Crippen LogP contribution in [-0.2, 0) is 47.7 Å². The van der Waals surface area contributed by atoms with Crippen molar-refractivity contribution in [1.29, 1.82) is 0 Å². The number of piperazine rings is 1. The van der Waals surface area contributed by atoms with E-state index in [1.165, 1.54) is 32.1 Å². The molecule has 0 aromatic carbocycles. The van der Waals surface area contributed by atoms with Crippen molar-refractivity contribution in [2.45, 2.75) is 96.9 Å². The molecule has 1 amide bonds. The molecule has 0 bridgehead atoms. The van der Waals surface area contributed by atoms with Crippen LogP contribution >= 0.6 is 0 Å². The van der Waals surface area contributed by atoms with Crippen molar-refractivity contribution in [3.63, 3.8) is 0 Å². The van der Waals surface area contributed by atoms with Gasteiger partial charge in [0.1, 0.15) is 0 Å². The third-order valence-electron chi connectivity index (χ3n) is 7.19. The fraction of sp³-hybridized carbons (Fsp3) is 0.808. The van der Waals surface area contributed by atoms with Gasteiger partial charge >= 0.3 is 23.9 Å². The average Bonchev–Trinajstić information content (AvgIpc) is 2.85. The smallest absolute Gasteiger partial charge is 0.305 e. The highest BCUT2D eigenvalue weighted by molar-refractivity contribution is 5.83. The molecule has 5 atom stereocenters. The maximum atomic E-state index is 13.7. The first-order valence-corrected chi connectivity index (χ1v) is 13.4. The predicted octanol–water partition coefficient (Wildman–Crippen LogP) is 1.18. The molecular weight excluding hydrogens is 500 g/mol. The molecule has 38 heavy (non-hydrogen) atoms. The highest BCUT2D eigenvalue weighted by atomic mass is 16.7. The van der Waals surface area contributed by atoms with Crippen LogP contribution in [0.25, 0.3) is 0 Å². The van der Waals surface area contributed by atoms with Crippen LogP contribution in [0.2, 0.25) is 0 Å². The molecular formula is C26H40N2O10. The van der Waals surface area contributed by atoms with Crippen LogP contribution in [0.3, 0.4) is 0 Å². The van der Waals surface area contributed by atoms with Crippen molar-refractivity contribution >= 4 is 29.8 Å². The summed E-state index contributed by atoms with van der Waals surface area (Å²) in [7, 11) is 0. The largest absolute Gasteiger partial charge is 0.455 e. The normalized spacial score (nSPS) is 28.7. The molecule has 1 aliphatic carbocycles. The Kier molecular flexibility index (Phi) is 10.9. The zero-order chi connectivity index (χ0) is 27.8. The van der Waals surface area contributed by atoms with Gasteiger partial charge in [0, 0.05) is 53.9 Å². The average molecular weight is 541 g/mol. The molecule has 0 aromatic rings. The quantitative estimate of drug-likeness (QED) is 0.324. The van der Waals surface area contributed by atoms with Gasteiger partial charge in [-0.05, 0) is 18.9 Å². The molecule has 3 rings (SSSR count). The van der Waals surface area contributed by atoms with Gasteiger partial charge in [-0.15, -0.1) is 0 Å². The summed E-state index contributed by atoms with van der Waals surface area (Å²) in [5, 5.41) is 0. The van der Waals surface area contributed by atoms with Gasteiger partial charge in [0.2, 0.25) is 12.4 Å². The fourth-order valence-electron chi connectivity index (χ4n) is 5.44. The van der Waals surface area contributed by atoms with Crippen LogP contribution in [0.5, 0.6) is 0 Å². The number of hydrogen-bond acceptors (Lipinski definition) is 11. The van der Waals surface area contributed by atoms with Crippen LogP contribution in [-0.4, -0.2) is 103 Å². The van der Waals surface area contributed by atoms with Gasteiger partial charge < -0.3 is 28.6 Å². The second kappa shape index (κ2) is 13.9. The third-order valence-corrected chi connectivity index (χ3v) is 7.19. The molecule has 3 fully saturated rings. The van der Waals surface area contributed by atoms with Gasteiger partial charge in [-0.3, -0.25) is 28.9 Å². The van der Waals surface area contributed by atoms with Crippen molar-refractivity contribution < 1.29 is 47.7 Å². The summed E-state index contributed by atoms with van der Waals surface area (Å²) in [6.07, 6.45) is 0.336. The van der Waals surface area contributed by atoms with Crippen molar-refractivity contribution in [3.05, 3.63) is 0 Å². The van der Waals surface area contributed by atoms with Gasteiger partial charge in [-0.25, -0.2) is 0 Å². The lowest BCUT2D eigenvalue weighted by molar-refractivity contribution is -0.292. The van der Waals surface area contributed by atoms with E-state index in [0.717, 1.165) is 46.6 Å². The standard InChI is InChI=1S/C26H40N2O10/c1-16(29)34-21-22(35-17(2)30)24(36-18(3)31)26(37-19(4)32)38-23(21)25(33)28-14-12-27(13-15-28)11-10-20-8-6-5-7-9-20/h20-24,26H,5-15H2,1-4H3/t21-,22-,23-,24+,26+/m0/s1. The van der Waals surface area contributed by atoms with Gasteiger partial charge in [-0.2, -0.15) is 0 Å². The van der Waals surface area contributed by atoms with E-state index in [1.807, 2.05) is 0 Å². The molecule has 0 spiro atoms. The monoisotopic (exact) mass is 540 g/mol. The van der Waals surface area contributed by atoms with E-state index >= 15 is 0 Å².